The molecule has 0 saturated carbocycles. The summed E-state index contributed by atoms with van der Waals surface area (Å²) in [4.78, 5) is 7.42. The van der Waals surface area contributed by atoms with Crippen LogP contribution < -0.4 is 0 Å². The van der Waals surface area contributed by atoms with Crippen molar-refractivity contribution in [3.8, 4) is 0 Å². The Labute approximate surface area is 97.0 Å². The molecule has 78 valence electrons. The lowest BCUT2D eigenvalue weighted by atomic mass is 10.1. The molecule has 1 N–H and O–H groups in total. The topological polar surface area (TPSA) is 37.9 Å². The fraction of sp³-hybridized carbons (Fsp3) is 0.556. The molecule has 14 heavy (non-hydrogen) atoms. The molecule has 0 aliphatic rings. The molecule has 3 nitrogen and oxygen atoms in total. The molecular formula is C9H13BrN2OS. The second kappa shape index (κ2) is 4.08. The van der Waals surface area contributed by atoms with Crippen molar-refractivity contribution in [3.63, 3.8) is 0 Å². The van der Waals surface area contributed by atoms with Gasteiger partial charge in [0.15, 0.2) is 0 Å². The molecule has 0 radical (unpaired) electrons. The fourth-order valence-corrected chi connectivity index (χ4v) is 1.39. The first kappa shape index (κ1) is 11.8. The molecule has 0 aromatic carbocycles. The molecule has 0 saturated heterocycles. The van der Waals surface area contributed by atoms with Crippen LogP contribution >= 0.6 is 28.1 Å². The third-order valence-electron chi connectivity index (χ3n) is 2.12. The minimum absolute atomic E-state index is 0.445. The van der Waals surface area contributed by atoms with Crippen molar-refractivity contribution < 1.29 is 4.74 Å². The predicted octanol–water partition coefficient (Wildman–Crippen LogP) is 3.09. The van der Waals surface area contributed by atoms with Crippen LogP contribution in [0.25, 0.3) is 0 Å². The number of nitrogens with zero attached hydrogens (tertiary/aromatic N) is 1. The second-order valence-electron chi connectivity index (χ2n) is 3.54. The van der Waals surface area contributed by atoms with Crippen molar-refractivity contribution in [2.45, 2.75) is 26.4 Å². The smallest absolute Gasteiger partial charge is 0.144 e. The molecule has 5 heteroatoms. The summed E-state index contributed by atoms with van der Waals surface area (Å²) < 4.78 is 6.71. The quantitative estimate of drug-likeness (QED) is 0.844. The number of ether oxygens (including phenoxy) is 1. The van der Waals surface area contributed by atoms with Crippen LogP contribution in [0.4, 0.5) is 0 Å². The van der Waals surface area contributed by atoms with Crippen LogP contribution in [-0.2, 0) is 10.3 Å². The van der Waals surface area contributed by atoms with Gasteiger partial charge < -0.3 is 9.72 Å². The Morgan fingerprint density at radius 1 is 1.50 bits per heavy atom. The third-order valence-corrected chi connectivity index (χ3v) is 3.65. The van der Waals surface area contributed by atoms with E-state index in [2.05, 4.69) is 25.9 Å². The average molecular weight is 277 g/mol. The first-order valence-corrected chi connectivity index (χ1v) is 5.40. The summed E-state index contributed by atoms with van der Waals surface area (Å²) in [6.45, 7) is 5.82. The van der Waals surface area contributed by atoms with E-state index in [4.69, 9.17) is 17.0 Å². The second-order valence-corrected chi connectivity index (χ2v) is 4.72. The van der Waals surface area contributed by atoms with Crippen molar-refractivity contribution in [2.75, 3.05) is 7.11 Å². The maximum atomic E-state index is 5.32. The summed E-state index contributed by atoms with van der Waals surface area (Å²) in [5.41, 5.74) is 0.518. The normalized spacial score (nSPS) is 11.8. The van der Waals surface area contributed by atoms with Gasteiger partial charge in [0.05, 0.1) is 4.47 Å². The van der Waals surface area contributed by atoms with Gasteiger partial charge in [0, 0.05) is 12.8 Å². The lowest BCUT2D eigenvalue weighted by molar-refractivity contribution is 0.0112. The number of H-pyrrole nitrogens is 1. The highest BCUT2D eigenvalue weighted by atomic mass is 79.9. The molecule has 0 atom stereocenters. The van der Waals surface area contributed by atoms with Crippen LogP contribution in [0.2, 0.25) is 0 Å². The zero-order chi connectivity index (χ0) is 10.9. The predicted molar refractivity (Wildman–Crippen MR) is 61.9 cm³/mol. The summed E-state index contributed by atoms with van der Waals surface area (Å²) in [6.07, 6.45) is 0. The average Bonchev–Trinajstić information content (AvgIpc) is 2.13. The Balaban J connectivity index is 3.33. The summed E-state index contributed by atoms with van der Waals surface area (Å²) in [5, 5.41) is 0. The Kier molecular flexibility index (Phi) is 3.44. The molecule has 1 aromatic rings. The molecule has 0 bridgehead atoms. The molecule has 1 rings (SSSR count). The van der Waals surface area contributed by atoms with Crippen molar-refractivity contribution in [3.05, 3.63) is 20.6 Å². The number of hydrogen-bond acceptors (Lipinski definition) is 3. The van der Waals surface area contributed by atoms with Crippen LogP contribution in [0.15, 0.2) is 4.47 Å². The number of methoxy groups -OCH3 is 1. The highest BCUT2D eigenvalue weighted by Gasteiger charge is 2.22. The molecule has 0 fully saturated rings. The van der Waals surface area contributed by atoms with Gasteiger partial charge in [-0.25, -0.2) is 4.98 Å². The lowest BCUT2D eigenvalue weighted by Crippen LogP contribution is -2.23. The molecule has 0 spiro atoms. The van der Waals surface area contributed by atoms with E-state index in [1.54, 1.807) is 7.11 Å². The maximum absolute atomic E-state index is 5.32. The van der Waals surface area contributed by atoms with E-state index in [-0.39, 0.29) is 0 Å². The third kappa shape index (κ3) is 2.21. The van der Waals surface area contributed by atoms with E-state index >= 15 is 0 Å². The Morgan fingerprint density at radius 3 is 2.50 bits per heavy atom. The van der Waals surface area contributed by atoms with Crippen LogP contribution in [0.3, 0.4) is 0 Å². The summed E-state index contributed by atoms with van der Waals surface area (Å²) in [7, 11) is 1.65. The van der Waals surface area contributed by atoms with E-state index in [1.807, 2.05) is 20.8 Å². The highest BCUT2D eigenvalue weighted by molar-refractivity contribution is 9.10. The molecule has 1 aromatic heterocycles. The first-order valence-electron chi connectivity index (χ1n) is 4.20. The standard InChI is InChI=1S/C9H13BrN2OS/c1-5-6(10)7(14)12-8(11-5)9(2,3)13-4/h1-4H3,(H,11,12,14). The number of nitrogens with one attached hydrogen (secondary N) is 1. The van der Waals surface area contributed by atoms with Crippen LogP contribution in [0.1, 0.15) is 25.4 Å². The highest BCUT2D eigenvalue weighted by Crippen LogP contribution is 2.23. The van der Waals surface area contributed by atoms with E-state index in [0.29, 0.717) is 4.64 Å². The van der Waals surface area contributed by atoms with E-state index in [0.717, 1.165) is 16.0 Å². The minimum atomic E-state index is -0.445. The Hall–Kier alpha value is -0.260. The monoisotopic (exact) mass is 276 g/mol. The van der Waals surface area contributed by atoms with Gasteiger partial charge in [-0.2, -0.15) is 0 Å². The molecule has 1 heterocycles. The summed E-state index contributed by atoms with van der Waals surface area (Å²) >= 11 is 8.47. The van der Waals surface area contributed by atoms with Crippen molar-refractivity contribution in [2.24, 2.45) is 0 Å². The maximum Gasteiger partial charge on any atom is 0.144 e. The molecule has 0 aliphatic heterocycles. The summed E-state index contributed by atoms with van der Waals surface area (Å²) in [6, 6.07) is 0. The molecule has 0 unspecified atom stereocenters. The van der Waals surface area contributed by atoms with E-state index < -0.39 is 5.60 Å². The SMILES string of the molecule is COC(C)(C)c1nc(=S)c(Br)c(C)[nH]1. The number of aryl methyl sites for hydroxylation is 1. The molecular weight excluding hydrogens is 264 g/mol. The number of aromatic amines is 1. The zero-order valence-electron chi connectivity index (χ0n) is 8.64. The number of aromatic nitrogens is 2. The molecule has 0 amide bonds. The van der Waals surface area contributed by atoms with E-state index in [9.17, 15) is 0 Å². The van der Waals surface area contributed by atoms with Gasteiger partial charge in [-0.3, -0.25) is 0 Å². The van der Waals surface area contributed by atoms with Gasteiger partial charge in [0.2, 0.25) is 0 Å². The fourth-order valence-electron chi connectivity index (χ4n) is 0.953. The van der Waals surface area contributed by atoms with E-state index in [1.165, 1.54) is 0 Å². The van der Waals surface area contributed by atoms with Gasteiger partial charge in [0.25, 0.3) is 0 Å². The first-order chi connectivity index (χ1) is 6.38. The summed E-state index contributed by atoms with van der Waals surface area (Å²) in [5.74, 6) is 0.741. The van der Waals surface area contributed by atoms with Gasteiger partial charge >= 0.3 is 0 Å². The Morgan fingerprint density at radius 2 is 2.07 bits per heavy atom. The van der Waals surface area contributed by atoms with Crippen LogP contribution in [0, 0.1) is 11.6 Å². The van der Waals surface area contributed by atoms with Crippen molar-refractivity contribution >= 4 is 28.1 Å². The lowest BCUT2D eigenvalue weighted by Gasteiger charge is -2.22. The number of halogens is 1. The zero-order valence-corrected chi connectivity index (χ0v) is 11.0. The number of hydrogen-bond donors (Lipinski definition) is 1. The molecule has 0 aliphatic carbocycles. The minimum Gasteiger partial charge on any atom is -0.371 e. The van der Waals surface area contributed by atoms with Crippen LogP contribution in [-0.4, -0.2) is 17.1 Å². The van der Waals surface area contributed by atoms with Crippen LogP contribution in [0.5, 0.6) is 0 Å². The van der Waals surface area contributed by atoms with Gasteiger partial charge in [-0.1, -0.05) is 12.2 Å². The number of rotatable bonds is 2. The van der Waals surface area contributed by atoms with Gasteiger partial charge in [-0.15, -0.1) is 0 Å². The Bertz CT molecular complexity index is 400. The van der Waals surface area contributed by atoms with Crippen molar-refractivity contribution in [1.29, 1.82) is 0 Å². The largest absolute Gasteiger partial charge is 0.371 e. The van der Waals surface area contributed by atoms with Crippen molar-refractivity contribution in [1.82, 2.24) is 9.97 Å². The van der Waals surface area contributed by atoms with Gasteiger partial charge in [0.1, 0.15) is 16.1 Å². The van der Waals surface area contributed by atoms with Gasteiger partial charge in [-0.05, 0) is 36.7 Å².